The Bertz CT molecular complexity index is 538. The number of aryl methyl sites for hydroxylation is 1. The van der Waals surface area contributed by atoms with Gasteiger partial charge in [0, 0.05) is 0 Å². The summed E-state index contributed by atoms with van der Waals surface area (Å²) in [6, 6.07) is 9.68. The fourth-order valence-corrected chi connectivity index (χ4v) is 1.63. The van der Waals surface area contributed by atoms with E-state index in [1.54, 1.807) is 4.68 Å². The van der Waals surface area contributed by atoms with Crippen LogP contribution in [0.3, 0.4) is 0 Å². The van der Waals surface area contributed by atoms with Crippen molar-refractivity contribution in [2.75, 3.05) is 7.11 Å². The highest BCUT2D eigenvalue weighted by Crippen LogP contribution is 2.21. The summed E-state index contributed by atoms with van der Waals surface area (Å²) in [5.41, 5.74) is 2.25. The Kier molecular flexibility index (Phi) is 3.14. The molecule has 0 aliphatic heterocycles. The summed E-state index contributed by atoms with van der Waals surface area (Å²) in [6.07, 6.45) is 3.33. The Morgan fingerprint density at radius 1 is 1.29 bits per heavy atom. The molecular weight excluding hydrogens is 216 g/mol. The number of rotatable bonds is 2. The minimum atomic E-state index is -0.378. The van der Waals surface area contributed by atoms with Crippen LogP contribution in [0.1, 0.15) is 10.4 Å². The number of nitrogens with zero attached hydrogens (tertiary/aromatic N) is 2. The molecule has 2 aromatic rings. The van der Waals surface area contributed by atoms with Gasteiger partial charge in [0.25, 0.3) is 0 Å². The van der Waals surface area contributed by atoms with Gasteiger partial charge in [-0.3, -0.25) is 0 Å². The molecule has 0 spiro atoms. The molecule has 1 aromatic carbocycles. The molecule has 2 rings (SSSR count). The minimum Gasteiger partial charge on any atom is -0.465 e. The van der Waals surface area contributed by atoms with Gasteiger partial charge in [0.1, 0.15) is 6.20 Å². The Hall–Kier alpha value is -2.23. The third kappa shape index (κ3) is 2.30. The van der Waals surface area contributed by atoms with Crippen LogP contribution in [0.2, 0.25) is 0 Å². The maximum Gasteiger partial charge on any atom is 0.340 e. The van der Waals surface area contributed by atoms with E-state index in [0.717, 1.165) is 11.1 Å². The predicted molar refractivity (Wildman–Crippen MR) is 62.2 cm³/mol. The average Bonchev–Trinajstić information content (AvgIpc) is 2.39. The van der Waals surface area contributed by atoms with Crippen molar-refractivity contribution in [1.29, 1.82) is 0 Å². The number of carbonyl (C=O) groups is 1. The van der Waals surface area contributed by atoms with Crippen LogP contribution in [0.25, 0.3) is 11.1 Å². The molecule has 1 heterocycles. The number of hydrogen-bond acceptors (Lipinski definition) is 3. The molecule has 4 nitrogen and oxygen atoms in total. The quantitative estimate of drug-likeness (QED) is 0.577. The molecule has 0 radical (unpaired) electrons. The second-order valence-corrected chi connectivity index (χ2v) is 3.63. The molecule has 0 saturated heterocycles. The van der Waals surface area contributed by atoms with Crippen molar-refractivity contribution in [3.05, 3.63) is 48.3 Å². The first-order chi connectivity index (χ1) is 8.22. The van der Waals surface area contributed by atoms with Crippen LogP contribution < -0.4 is 4.68 Å². The first kappa shape index (κ1) is 11.3. The zero-order chi connectivity index (χ0) is 12.3. The van der Waals surface area contributed by atoms with E-state index in [4.69, 9.17) is 4.74 Å². The van der Waals surface area contributed by atoms with Crippen molar-refractivity contribution in [3.63, 3.8) is 0 Å². The van der Waals surface area contributed by atoms with Gasteiger partial charge in [-0.1, -0.05) is 35.0 Å². The molecule has 17 heavy (non-hydrogen) atoms. The van der Waals surface area contributed by atoms with E-state index in [9.17, 15) is 4.79 Å². The van der Waals surface area contributed by atoms with Crippen LogP contribution >= 0.6 is 0 Å². The van der Waals surface area contributed by atoms with Crippen molar-refractivity contribution in [2.24, 2.45) is 7.05 Å². The lowest BCUT2D eigenvalue weighted by Gasteiger charge is -2.04. The summed E-state index contributed by atoms with van der Waals surface area (Å²) in [5.74, 6) is -0.378. The van der Waals surface area contributed by atoms with Crippen LogP contribution in [0.15, 0.2) is 42.7 Å². The normalized spacial score (nSPS) is 10.0. The monoisotopic (exact) mass is 229 g/mol. The van der Waals surface area contributed by atoms with E-state index in [2.05, 4.69) is 5.10 Å². The predicted octanol–water partition coefficient (Wildman–Crippen LogP) is 1.36. The van der Waals surface area contributed by atoms with Crippen LogP contribution in [-0.2, 0) is 11.8 Å². The highest BCUT2D eigenvalue weighted by Gasteiger charge is 2.17. The third-order valence-corrected chi connectivity index (χ3v) is 2.47. The second-order valence-electron chi connectivity index (χ2n) is 3.63. The maximum absolute atomic E-state index is 11.6. The molecule has 4 heteroatoms. The Morgan fingerprint density at radius 3 is 2.65 bits per heavy atom. The maximum atomic E-state index is 11.6. The third-order valence-electron chi connectivity index (χ3n) is 2.47. The molecule has 0 amide bonds. The molecule has 0 fully saturated rings. The number of aromatic nitrogens is 2. The summed E-state index contributed by atoms with van der Waals surface area (Å²) in [6.45, 7) is 0. The summed E-state index contributed by atoms with van der Waals surface area (Å²) >= 11 is 0. The molecule has 0 aliphatic carbocycles. The number of ether oxygens (including phenoxy) is 1. The summed E-state index contributed by atoms with van der Waals surface area (Å²) < 4.78 is 6.41. The second kappa shape index (κ2) is 4.74. The average molecular weight is 229 g/mol. The van der Waals surface area contributed by atoms with Crippen molar-refractivity contribution < 1.29 is 14.2 Å². The van der Waals surface area contributed by atoms with Crippen molar-refractivity contribution in [3.8, 4) is 11.1 Å². The lowest BCUT2D eigenvalue weighted by atomic mass is 10.0. The largest absolute Gasteiger partial charge is 0.465 e. The van der Waals surface area contributed by atoms with E-state index in [1.165, 1.54) is 13.3 Å². The Morgan fingerprint density at radius 2 is 2.00 bits per heavy atom. The van der Waals surface area contributed by atoms with Crippen LogP contribution in [-0.4, -0.2) is 18.2 Å². The molecule has 0 bridgehead atoms. The molecule has 0 N–H and O–H groups in total. The van der Waals surface area contributed by atoms with Gasteiger partial charge in [0.05, 0.1) is 18.2 Å². The molecule has 86 valence electrons. The zero-order valence-corrected chi connectivity index (χ0v) is 9.75. The van der Waals surface area contributed by atoms with Gasteiger partial charge in [-0.25, -0.2) is 4.79 Å². The summed E-state index contributed by atoms with van der Waals surface area (Å²) in [5, 5.41) is 4.05. The molecule has 0 aliphatic rings. The minimum absolute atomic E-state index is 0.378. The molecule has 0 unspecified atom stereocenters. The first-order valence-electron chi connectivity index (χ1n) is 5.22. The Balaban J connectivity index is 2.59. The summed E-state index contributed by atoms with van der Waals surface area (Å²) in [4.78, 5) is 11.6. The SMILES string of the molecule is COC(=O)c1cn[n+](C)cc1-c1ccccc1. The van der Waals surface area contributed by atoms with Crippen LogP contribution in [0, 0.1) is 0 Å². The van der Waals surface area contributed by atoms with Crippen molar-refractivity contribution in [2.45, 2.75) is 0 Å². The highest BCUT2D eigenvalue weighted by molar-refractivity contribution is 5.96. The standard InChI is InChI=1S/C13H13N2O2/c1-15-9-12(10-6-4-3-5-7-10)11(8-14-15)13(16)17-2/h3-9H,1-2H3/q+1. The number of esters is 1. The summed E-state index contributed by atoms with van der Waals surface area (Å²) in [7, 11) is 3.18. The van der Waals surface area contributed by atoms with Gasteiger partial charge in [-0.05, 0) is 10.7 Å². The molecule has 0 atom stereocenters. The van der Waals surface area contributed by atoms with Gasteiger partial charge < -0.3 is 4.74 Å². The van der Waals surface area contributed by atoms with Gasteiger partial charge in [-0.15, -0.1) is 0 Å². The van der Waals surface area contributed by atoms with Crippen molar-refractivity contribution in [1.82, 2.24) is 5.10 Å². The smallest absolute Gasteiger partial charge is 0.340 e. The van der Waals surface area contributed by atoms with Crippen molar-refractivity contribution >= 4 is 5.97 Å². The lowest BCUT2D eigenvalue weighted by molar-refractivity contribution is -0.730. The number of benzene rings is 1. The van der Waals surface area contributed by atoms with Crippen LogP contribution in [0.4, 0.5) is 0 Å². The van der Waals surface area contributed by atoms with Gasteiger partial charge in [-0.2, -0.15) is 0 Å². The first-order valence-corrected chi connectivity index (χ1v) is 5.22. The van der Waals surface area contributed by atoms with E-state index in [-0.39, 0.29) is 5.97 Å². The number of hydrogen-bond donors (Lipinski definition) is 0. The topological polar surface area (TPSA) is 43.1 Å². The van der Waals surface area contributed by atoms with E-state index in [1.807, 2.05) is 43.6 Å². The zero-order valence-electron chi connectivity index (χ0n) is 9.75. The van der Waals surface area contributed by atoms with E-state index < -0.39 is 0 Å². The Labute approximate surface area is 99.5 Å². The fourth-order valence-electron chi connectivity index (χ4n) is 1.63. The molecule has 0 saturated carbocycles. The van der Waals surface area contributed by atoms with Gasteiger partial charge in [0.2, 0.25) is 6.20 Å². The fraction of sp³-hybridized carbons (Fsp3) is 0.154. The van der Waals surface area contributed by atoms with E-state index >= 15 is 0 Å². The number of methoxy groups -OCH3 is 1. The molecule has 1 aromatic heterocycles. The number of carbonyl (C=O) groups excluding carboxylic acids is 1. The van der Waals surface area contributed by atoms with E-state index in [0.29, 0.717) is 5.56 Å². The lowest BCUT2D eigenvalue weighted by Crippen LogP contribution is -2.33. The highest BCUT2D eigenvalue weighted by atomic mass is 16.5. The molecular formula is C13H13N2O2+. The van der Waals surface area contributed by atoms with Gasteiger partial charge >= 0.3 is 5.97 Å². The van der Waals surface area contributed by atoms with Crippen LogP contribution in [0.5, 0.6) is 0 Å². The van der Waals surface area contributed by atoms with Gasteiger partial charge in [0.15, 0.2) is 7.05 Å².